The van der Waals surface area contributed by atoms with Crippen LogP contribution >= 0.6 is 0 Å². The quantitative estimate of drug-likeness (QED) is 0.390. The second-order valence-corrected chi connectivity index (χ2v) is 11.2. The molecule has 0 bridgehead atoms. The number of esters is 1. The Balaban J connectivity index is 2.22. The second kappa shape index (κ2) is 8.15. The highest BCUT2D eigenvalue weighted by Gasteiger charge is 2.19. The average Bonchev–Trinajstić information content (AvgIpc) is 2.42. The van der Waals surface area contributed by atoms with Gasteiger partial charge in [-0.15, -0.1) is 0 Å². The first-order chi connectivity index (χ1) is 9.05. The Morgan fingerprint density at radius 3 is 2.37 bits per heavy atom. The zero-order chi connectivity index (χ0) is 14.1. The molecule has 0 saturated heterocycles. The third kappa shape index (κ3) is 6.57. The lowest BCUT2D eigenvalue weighted by atomic mass is 10.2. The van der Waals surface area contributed by atoms with Crippen LogP contribution in [0.5, 0.6) is 0 Å². The van der Waals surface area contributed by atoms with Gasteiger partial charge in [0.2, 0.25) is 0 Å². The Morgan fingerprint density at radius 2 is 1.74 bits per heavy atom. The molecule has 0 aromatic heterocycles. The molecule has 3 heteroatoms. The predicted molar refractivity (Wildman–Crippen MR) is 83.3 cm³/mol. The van der Waals surface area contributed by atoms with Crippen molar-refractivity contribution in [1.29, 1.82) is 0 Å². The Hall–Kier alpha value is -1.09. The van der Waals surface area contributed by atoms with Crippen molar-refractivity contribution in [3.05, 3.63) is 35.9 Å². The molecule has 0 saturated carbocycles. The standard InChI is InChI=1S/C16H26O2Si/c1-4-5-13-19(2,3)14-9-12-18-16(17)15-10-7-6-8-11-15/h6-8,10-11H,4-5,9,12-14H2,1-3H3. The van der Waals surface area contributed by atoms with Crippen molar-refractivity contribution in [3.63, 3.8) is 0 Å². The molecule has 0 fully saturated rings. The molecule has 1 aromatic carbocycles. The van der Waals surface area contributed by atoms with Crippen molar-refractivity contribution in [2.24, 2.45) is 0 Å². The van der Waals surface area contributed by atoms with Gasteiger partial charge in [-0.1, -0.05) is 63.1 Å². The van der Waals surface area contributed by atoms with Crippen LogP contribution in [0.3, 0.4) is 0 Å². The van der Waals surface area contributed by atoms with Gasteiger partial charge in [0.1, 0.15) is 0 Å². The summed E-state index contributed by atoms with van der Waals surface area (Å²) in [5, 5.41) is 0. The maximum absolute atomic E-state index is 11.7. The van der Waals surface area contributed by atoms with Crippen LogP contribution in [0.2, 0.25) is 25.2 Å². The maximum atomic E-state index is 11.7. The van der Waals surface area contributed by atoms with Crippen LogP contribution < -0.4 is 0 Å². The summed E-state index contributed by atoms with van der Waals surface area (Å²) in [4.78, 5) is 11.7. The van der Waals surface area contributed by atoms with Crippen molar-refractivity contribution in [2.45, 2.75) is 51.4 Å². The molecule has 106 valence electrons. The summed E-state index contributed by atoms with van der Waals surface area (Å²) in [5.41, 5.74) is 0.644. The Morgan fingerprint density at radius 1 is 1.11 bits per heavy atom. The smallest absolute Gasteiger partial charge is 0.338 e. The highest BCUT2D eigenvalue weighted by molar-refractivity contribution is 6.77. The fourth-order valence-electron chi connectivity index (χ4n) is 2.15. The van der Waals surface area contributed by atoms with E-state index in [1.165, 1.54) is 24.9 Å². The van der Waals surface area contributed by atoms with E-state index in [0.29, 0.717) is 12.2 Å². The number of benzene rings is 1. The van der Waals surface area contributed by atoms with Crippen LogP contribution in [-0.4, -0.2) is 20.7 Å². The van der Waals surface area contributed by atoms with Crippen molar-refractivity contribution < 1.29 is 9.53 Å². The van der Waals surface area contributed by atoms with Crippen LogP contribution in [0.25, 0.3) is 0 Å². The number of ether oxygens (including phenoxy) is 1. The third-order valence-electron chi connectivity index (χ3n) is 3.45. The first-order valence-electron chi connectivity index (χ1n) is 7.27. The number of unbranched alkanes of at least 4 members (excludes halogenated alkanes) is 1. The van der Waals surface area contributed by atoms with E-state index in [1.54, 1.807) is 12.1 Å². The predicted octanol–water partition coefficient (Wildman–Crippen LogP) is 4.74. The van der Waals surface area contributed by atoms with Crippen molar-refractivity contribution >= 4 is 14.0 Å². The summed E-state index contributed by atoms with van der Waals surface area (Å²) in [6.45, 7) is 7.66. The summed E-state index contributed by atoms with van der Waals surface area (Å²) < 4.78 is 5.31. The van der Waals surface area contributed by atoms with Gasteiger partial charge in [0, 0.05) is 8.07 Å². The molecule has 1 aromatic rings. The number of hydrogen-bond acceptors (Lipinski definition) is 2. The zero-order valence-electron chi connectivity index (χ0n) is 12.4. The van der Waals surface area contributed by atoms with Gasteiger partial charge in [0.25, 0.3) is 0 Å². The molecule has 19 heavy (non-hydrogen) atoms. The zero-order valence-corrected chi connectivity index (χ0v) is 13.4. The van der Waals surface area contributed by atoms with Crippen molar-refractivity contribution in [2.75, 3.05) is 6.61 Å². The molecular weight excluding hydrogens is 252 g/mol. The second-order valence-electron chi connectivity index (χ2n) is 5.87. The Bertz CT molecular complexity index is 374. The van der Waals surface area contributed by atoms with E-state index in [0.717, 1.165) is 6.42 Å². The van der Waals surface area contributed by atoms with Gasteiger partial charge in [-0.2, -0.15) is 0 Å². The van der Waals surface area contributed by atoms with Crippen LogP contribution in [0, 0.1) is 0 Å². The molecule has 0 N–H and O–H groups in total. The summed E-state index contributed by atoms with van der Waals surface area (Å²) >= 11 is 0. The van der Waals surface area contributed by atoms with Gasteiger partial charge in [0.05, 0.1) is 12.2 Å². The lowest BCUT2D eigenvalue weighted by Gasteiger charge is -2.21. The molecule has 0 aliphatic heterocycles. The summed E-state index contributed by atoms with van der Waals surface area (Å²) in [7, 11) is -1.07. The number of carbonyl (C=O) groups is 1. The lowest BCUT2D eigenvalue weighted by molar-refractivity contribution is 0.0505. The molecule has 0 heterocycles. The van der Waals surface area contributed by atoms with Gasteiger partial charge < -0.3 is 4.74 Å². The highest BCUT2D eigenvalue weighted by Crippen LogP contribution is 2.20. The molecule has 0 amide bonds. The Labute approximate surface area is 118 Å². The monoisotopic (exact) mass is 278 g/mol. The average molecular weight is 278 g/mol. The number of rotatable bonds is 8. The minimum absolute atomic E-state index is 0.200. The summed E-state index contributed by atoms with van der Waals surface area (Å²) in [6.07, 6.45) is 3.62. The molecule has 0 spiro atoms. The number of hydrogen-bond donors (Lipinski definition) is 0. The van der Waals surface area contributed by atoms with Gasteiger partial charge in [-0.05, 0) is 18.6 Å². The van der Waals surface area contributed by atoms with Gasteiger partial charge >= 0.3 is 5.97 Å². The summed E-state index contributed by atoms with van der Waals surface area (Å²) in [5.74, 6) is -0.200. The molecule has 0 atom stereocenters. The van der Waals surface area contributed by atoms with E-state index >= 15 is 0 Å². The molecule has 0 aliphatic carbocycles. The van der Waals surface area contributed by atoms with Crippen LogP contribution in [-0.2, 0) is 4.74 Å². The van der Waals surface area contributed by atoms with E-state index in [2.05, 4.69) is 20.0 Å². The van der Waals surface area contributed by atoms with Gasteiger partial charge in [-0.3, -0.25) is 0 Å². The van der Waals surface area contributed by atoms with E-state index in [9.17, 15) is 4.79 Å². The highest BCUT2D eigenvalue weighted by atomic mass is 28.3. The van der Waals surface area contributed by atoms with E-state index in [-0.39, 0.29) is 5.97 Å². The molecule has 0 aliphatic rings. The van der Waals surface area contributed by atoms with Crippen LogP contribution in [0.4, 0.5) is 0 Å². The molecule has 1 rings (SSSR count). The summed E-state index contributed by atoms with van der Waals surface area (Å²) in [6, 6.07) is 11.8. The van der Waals surface area contributed by atoms with Gasteiger partial charge in [-0.25, -0.2) is 4.79 Å². The minimum Gasteiger partial charge on any atom is -0.462 e. The lowest BCUT2D eigenvalue weighted by Crippen LogP contribution is -2.25. The first kappa shape index (κ1) is 16.0. The molecular formula is C16H26O2Si. The maximum Gasteiger partial charge on any atom is 0.338 e. The molecule has 2 nitrogen and oxygen atoms in total. The topological polar surface area (TPSA) is 26.3 Å². The van der Waals surface area contributed by atoms with Gasteiger partial charge in [0.15, 0.2) is 0 Å². The first-order valence-corrected chi connectivity index (χ1v) is 10.7. The van der Waals surface area contributed by atoms with E-state index in [4.69, 9.17) is 4.74 Å². The molecule has 0 unspecified atom stereocenters. The third-order valence-corrected chi connectivity index (χ3v) is 6.86. The normalized spacial score (nSPS) is 11.3. The Kier molecular flexibility index (Phi) is 6.85. The van der Waals surface area contributed by atoms with Crippen molar-refractivity contribution in [3.8, 4) is 0 Å². The van der Waals surface area contributed by atoms with E-state index in [1.807, 2.05) is 18.2 Å². The van der Waals surface area contributed by atoms with Crippen molar-refractivity contribution in [1.82, 2.24) is 0 Å². The van der Waals surface area contributed by atoms with Crippen LogP contribution in [0.15, 0.2) is 30.3 Å². The largest absolute Gasteiger partial charge is 0.462 e. The van der Waals surface area contributed by atoms with E-state index < -0.39 is 8.07 Å². The van der Waals surface area contributed by atoms with Crippen LogP contribution in [0.1, 0.15) is 36.5 Å². The number of carbonyl (C=O) groups excluding carboxylic acids is 1. The fourth-order valence-corrected chi connectivity index (χ4v) is 4.82. The SMILES string of the molecule is CCCC[Si](C)(C)CCCOC(=O)c1ccccc1. The fraction of sp³-hybridized carbons (Fsp3) is 0.562. The minimum atomic E-state index is -1.07. The molecule has 0 radical (unpaired) electrons.